The van der Waals surface area contributed by atoms with Gasteiger partial charge in [-0.25, -0.2) is 0 Å². The Balaban J connectivity index is 1.75. The molecule has 1 N–H and O–H groups in total. The van der Waals surface area contributed by atoms with Crippen LogP contribution in [0.3, 0.4) is 0 Å². The Kier molecular flexibility index (Phi) is 10.6. The van der Waals surface area contributed by atoms with E-state index in [1.807, 2.05) is 37.3 Å². The number of benzene rings is 1. The van der Waals surface area contributed by atoms with E-state index in [0.717, 1.165) is 24.4 Å². The molecule has 0 fully saturated rings. The van der Waals surface area contributed by atoms with Crippen LogP contribution in [0.4, 0.5) is 0 Å². The molecule has 0 saturated heterocycles. The van der Waals surface area contributed by atoms with Crippen LogP contribution in [-0.4, -0.2) is 48.0 Å². The van der Waals surface area contributed by atoms with E-state index in [1.165, 1.54) is 16.9 Å². The predicted molar refractivity (Wildman–Crippen MR) is 127 cm³/mol. The zero-order valence-electron chi connectivity index (χ0n) is 18.9. The lowest BCUT2D eigenvalue weighted by Gasteiger charge is -2.30. The second-order valence-corrected chi connectivity index (χ2v) is 9.03. The smallest absolute Gasteiger partial charge is 0.220 e. The number of rotatable bonds is 14. The molecule has 0 aliphatic carbocycles. The molecule has 168 valence electrons. The molecular weight excluding hydrogens is 408 g/mol. The summed E-state index contributed by atoms with van der Waals surface area (Å²) in [6, 6.07) is 14.2. The molecule has 6 heteroatoms. The Bertz CT molecular complexity index is 843. The highest BCUT2D eigenvalue weighted by Gasteiger charge is 2.18. The monoisotopic (exact) mass is 442 g/mol. The number of carbonyl (C=O) groups excluding carboxylic acids is 3. The maximum atomic E-state index is 12.3. The van der Waals surface area contributed by atoms with Crippen molar-refractivity contribution in [3.8, 4) is 0 Å². The molecule has 0 aliphatic rings. The number of hydrogen-bond acceptors (Lipinski definition) is 5. The maximum absolute atomic E-state index is 12.3. The summed E-state index contributed by atoms with van der Waals surface area (Å²) >= 11 is 1.45. The van der Waals surface area contributed by atoms with Gasteiger partial charge in [-0.2, -0.15) is 0 Å². The van der Waals surface area contributed by atoms with Gasteiger partial charge in [0, 0.05) is 43.1 Å². The van der Waals surface area contributed by atoms with Crippen molar-refractivity contribution in [2.75, 3.05) is 19.6 Å². The standard InChI is InChI=1S/C25H34N2O3S/c1-4-27(5-2)21(17-20-9-7-6-8-10-20)18-26-25(30)16-13-22(28)12-14-23(29)24-15-11-19(3)31-24/h6-11,15,21H,4-5,12-14,16-18H2,1-3H3,(H,26,30). The van der Waals surface area contributed by atoms with Crippen LogP contribution in [0.1, 0.15) is 59.6 Å². The number of carbonyl (C=O) groups is 3. The maximum Gasteiger partial charge on any atom is 0.220 e. The van der Waals surface area contributed by atoms with Gasteiger partial charge in [0.05, 0.1) is 4.88 Å². The average molecular weight is 443 g/mol. The molecule has 0 bridgehead atoms. The van der Waals surface area contributed by atoms with Crippen molar-refractivity contribution in [1.29, 1.82) is 0 Å². The third-order valence-corrected chi connectivity index (χ3v) is 6.50. The lowest BCUT2D eigenvalue weighted by Crippen LogP contribution is -2.45. The van der Waals surface area contributed by atoms with E-state index < -0.39 is 0 Å². The van der Waals surface area contributed by atoms with Gasteiger partial charge >= 0.3 is 0 Å². The lowest BCUT2D eigenvalue weighted by atomic mass is 10.0. The predicted octanol–water partition coefficient (Wildman–Crippen LogP) is 4.44. The highest BCUT2D eigenvalue weighted by molar-refractivity contribution is 7.14. The van der Waals surface area contributed by atoms with E-state index in [0.29, 0.717) is 11.4 Å². The number of nitrogens with zero attached hydrogens (tertiary/aromatic N) is 1. The Hall–Kier alpha value is -2.31. The minimum atomic E-state index is -0.112. The highest BCUT2D eigenvalue weighted by Crippen LogP contribution is 2.18. The quantitative estimate of drug-likeness (QED) is 0.439. The fourth-order valence-electron chi connectivity index (χ4n) is 3.62. The molecular formula is C25H34N2O3S. The number of thiophene rings is 1. The SMILES string of the molecule is CCN(CC)C(CNC(=O)CCC(=O)CCC(=O)c1ccc(C)s1)Cc1ccccc1. The highest BCUT2D eigenvalue weighted by atomic mass is 32.1. The van der Waals surface area contributed by atoms with Gasteiger partial charge in [-0.1, -0.05) is 44.2 Å². The minimum Gasteiger partial charge on any atom is -0.355 e. The third kappa shape index (κ3) is 8.75. The van der Waals surface area contributed by atoms with Crippen LogP contribution in [0.15, 0.2) is 42.5 Å². The van der Waals surface area contributed by atoms with Gasteiger partial charge in [0.15, 0.2) is 5.78 Å². The molecule has 1 atom stereocenters. The van der Waals surface area contributed by atoms with E-state index in [1.54, 1.807) is 0 Å². The van der Waals surface area contributed by atoms with Crippen molar-refractivity contribution in [2.45, 2.75) is 58.9 Å². The van der Waals surface area contributed by atoms with Crippen molar-refractivity contribution in [3.05, 3.63) is 57.8 Å². The summed E-state index contributed by atoms with van der Waals surface area (Å²) < 4.78 is 0. The van der Waals surface area contributed by atoms with E-state index in [9.17, 15) is 14.4 Å². The molecule has 31 heavy (non-hydrogen) atoms. The zero-order valence-corrected chi connectivity index (χ0v) is 19.7. The Morgan fingerprint density at radius 2 is 1.61 bits per heavy atom. The molecule has 0 spiro atoms. The van der Waals surface area contributed by atoms with E-state index in [2.05, 4.69) is 36.2 Å². The van der Waals surface area contributed by atoms with Crippen molar-refractivity contribution >= 4 is 28.8 Å². The summed E-state index contributed by atoms with van der Waals surface area (Å²) in [5.41, 5.74) is 1.24. The van der Waals surface area contributed by atoms with E-state index in [-0.39, 0.29) is 49.2 Å². The second kappa shape index (κ2) is 13.2. The van der Waals surface area contributed by atoms with E-state index in [4.69, 9.17) is 0 Å². The summed E-state index contributed by atoms with van der Waals surface area (Å²) in [6.45, 7) is 8.59. The van der Waals surface area contributed by atoms with Gasteiger partial charge < -0.3 is 5.32 Å². The fourth-order valence-corrected chi connectivity index (χ4v) is 4.45. The van der Waals surface area contributed by atoms with Crippen LogP contribution in [-0.2, 0) is 16.0 Å². The molecule has 0 radical (unpaired) electrons. The topological polar surface area (TPSA) is 66.5 Å². The van der Waals surface area contributed by atoms with Crippen molar-refractivity contribution in [2.24, 2.45) is 0 Å². The van der Waals surface area contributed by atoms with Gasteiger partial charge in [-0.15, -0.1) is 11.3 Å². The summed E-state index contributed by atoms with van der Waals surface area (Å²) in [5.74, 6) is -0.154. The molecule has 2 aromatic rings. The largest absolute Gasteiger partial charge is 0.355 e. The number of Topliss-reactive ketones (excluding diaryl/α,β-unsaturated/α-hetero) is 2. The number of amides is 1. The molecule has 5 nitrogen and oxygen atoms in total. The van der Waals surface area contributed by atoms with Gasteiger partial charge in [0.2, 0.25) is 5.91 Å². The summed E-state index contributed by atoms with van der Waals surface area (Å²) in [7, 11) is 0. The Morgan fingerprint density at radius 1 is 0.935 bits per heavy atom. The molecule has 1 amide bonds. The third-order valence-electron chi connectivity index (χ3n) is 5.45. The number of nitrogens with one attached hydrogen (secondary N) is 1. The van der Waals surface area contributed by atoms with Crippen LogP contribution >= 0.6 is 11.3 Å². The van der Waals surface area contributed by atoms with E-state index >= 15 is 0 Å². The lowest BCUT2D eigenvalue weighted by molar-refractivity contribution is -0.125. The zero-order chi connectivity index (χ0) is 22.6. The first-order chi connectivity index (χ1) is 14.9. The molecule has 2 rings (SSSR count). The van der Waals surface area contributed by atoms with Crippen LogP contribution in [0.2, 0.25) is 0 Å². The van der Waals surface area contributed by atoms with Gasteiger partial charge in [-0.05, 0) is 44.1 Å². The first-order valence-electron chi connectivity index (χ1n) is 11.1. The molecule has 1 heterocycles. The Morgan fingerprint density at radius 3 is 2.23 bits per heavy atom. The van der Waals surface area contributed by atoms with Crippen molar-refractivity contribution in [1.82, 2.24) is 10.2 Å². The van der Waals surface area contributed by atoms with Crippen LogP contribution < -0.4 is 5.32 Å². The fraction of sp³-hybridized carbons (Fsp3) is 0.480. The molecule has 1 aromatic heterocycles. The van der Waals surface area contributed by atoms with Gasteiger partial charge in [0.1, 0.15) is 5.78 Å². The van der Waals surface area contributed by atoms with Crippen LogP contribution in [0, 0.1) is 6.92 Å². The molecule has 0 saturated carbocycles. The first kappa shape index (κ1) is 25.0. The van der Waals surface area contributed by atoms with Gasteiger partial charge in [0.25, 0.3) is 0 Å². The summed E-state index contributed by atoms with van der Waals surface area (Å²) in [5, 5.41) is 3.00. The molecule has 1 aromatic carbocycles. The second-order valence-electron chi connectivity index (χ2n) is 7.74. The average Bonchev–Trinajstić information content (AvgIpc) is 3.22. The number of ketones is 2. The number of likely N-dealkylation sites (N-methyl/N-ethyl adjacent to an activating group) is 1. The normalized spacial score (nSPS) is 12.0. The van der Waals surface area contributed by atoms with Crippen LogP contribution in [0.5, 0.6) is 0 Å². The summed E-state index contributed by atoms with van der Waals surface area (Å²) in [4.78, 5) is 40.7. The van der Waals surface area contributed by atoms with Gasteiger partial charge in [-0.3, -0.25) is 19.3 Å². The minimum absolute atomic E-state index is 0.00104. The summed E-state index contributed by atoms with van der Waals surface area (Å²) in [6.07, 6.45) is 1.62. The Labute approximate surface area is 189 Å². The first-order valence-corrected chi connectivity index (χ1v) is 11.9. The molecule has 1 unspecified atom stereocenters. The van der Waals surface area contributed by atoms with Crippen molar-refractivity contribution < 1.29 is 14.4 Å². The number of hydrogen-bond donors (Lipinski definition) is 1. The molecule has 0 aliphatic heterocycles. The van der Waals surface area contributed by atoms with Crippen LogP contribution in [0.25, 0.3) is 0 Å². The number of aryl methyl sites for hydroxylation is 1. The van der Waals surface area contributed by atoms with Crippen molar-refractivity contribution in [3.63, 3.8) is 0 Å².